The van der Waals surface area contributed by atoms with Gasteiger partial charge in [-0.2, -0.15) is 15.0 Å². The van der Waals surface area contributed by atoms with Crippen LogP contribution in [0.1, 0.15) is 81.5 Å². The zero-order valence-corrected chi connectivity index (χ0v) is 39.4. The van der Waals surface area contributed by atoms with Crippen molar-refractivity contribution < 1.29 is 48.7 Å². The van der Waals surface area contributed by atoms with Crippen molar-refractivity contribution in [1.29, 1.82) is 0 Å². The third-order valence-electron chi connectivity index (χ3n) is 11.5. The molecule has 5 atom stereocenters. The van der Waals surface area contributed by atoms with Crippen molar-refractivity contribution >= 4 is 54.0 Å². The van der Waals surface area contributed by atoms with Crippen molar-refractivity contribution in [3.63, 3.8) is 0 Å². The molecule has 2 unspecified atom stereocenters. The molecular formula is C41H65ClN16O10. The second kappa shape index (κ2) is 27.9. The fourth-order valence-corrected chi connectivity index (χ4v) is 7.30. The van der Waals surface area contributed by atoms with Crippen LogP contribution in [0.15, 0.2) is 12.4 Å². The number of terminal acetylenes is 1. The van der Waals surface area contributed by atoms with Gasteiger partial charge in [-0.25, -0.2) is 9.36 Å². The Kier molecular flexibility index (Phi) is 22.4. The number of nitrogens with one attached hydrogen (secondary N) is 1. The van der Waals surface area contributed by atoms with Gasteiger partial charge in [0.2, 0.25) is 29.7 Å². The van der Waals surface area contributed by atoms with Crippen LogP contribution in [0.4, 0.5) is 17.8 Å². The molecule has 26 nitrogen and oxygen atoms in total. The monoisotopic (exact) mass is 976 g/mol. The maximum Gasteiger partial charge on any atom is 0.303 e. The molecule has 0 aromatic carbocycles. The van der Waals surface area contributed by atoms with Gasteiger partial charge >= 0.3 is 11.9 Å². The lowest BCUT2D eigenvalue weighted by atomic mass is 9.98. The molecule has 0 spiro atoms. The number of ether oxygens (including phenoxy) is 3. The van der Waals surface area contributed by atoms with Crippen molar-refractivity contribution in [2.45, 2.75) is 70.1 Å². The van der Waals surface area contributed by atoms with Crippen LogP contribution in [0.25, 0.3) is 0 Å². The van der Waals surface area contributed by atoms with Gasteiger partial charge in [0.1, 0.15) is 24.4 Å². The Morgan fingerprint density at radius 1 is 0.750 bits per heavy atom. The molecule has 2 amide bonds. The number of carbonyl (C=O) groups is 4. The number of aromatic nitrogens is 9. The van der Waals surface area contributed by atoms with Crippen LogP contribution in [0, 0.1) is 18.3 Å². The molecule has 3 aromatic rings. The van der Waals surface area contributed by atoms with E-state index in [0.29, 0.717) is 83.3 Å². The van der Waals surface area contributed by atoms with E-state index in [1.165, 1.54) is 15.6 Å². The zero-order chi connectivity index (χ0) is 48.3. The Balaban J connectivity index is 0.0000101. The molecule has 0 saturated carbocycles. The first kappa shape index (κ1) is 54.8. The number of hydrogen-bond acceptors (Lipinski definition) is 20. The van der Waals surface area contributed by atoms with Crippen LogP contribution in [0.3, 0.4) is 0 Å². The van der Waals surface area contributed by atoms with Crippen molar-refractivity contribution in [3.8, 4) is 12.3 Å². The number of carbonyl (C=O) groups excluding carboxylic acids is 2. The van der Waals surface area contributed by atoms with E-state index >= 15 is 0 Å². The normalized spacial score (nSPS) is 16.3. The van der Waals surface area contributed by atoms with Gasteiger partial charge in [-0.1, -0.05) is 36.6 Å². The van der Waals surface area contributed by atoms with Crippen molar-refractivity contribution in [2.75, 3.05) is 120 Å². The van der Waals surface area contributed by atoms with Crippen LogP contribution in [0.2, 0.25) is 0 Å². The van der Waals surface area contributed by atoms with Crippen LogP contribution < -0.4 is 26.6 Å². The predicted octanol–water partition coefficient (Wildman–Crippen LogP) is -0.881. The van der Waals surface area contributed by atoms with Gasteiger partial charge in [-0.15, -0.1) is 29.0 Å². The highest BCUT2D eigenvalue weighted by Crippen LogP contribution is 2.26. The lowest BCUT2D eigenvalue weighted by Gasteiger charge is -2.38. The number of hydrogen-bond donors (Lipinski definition) is 6. The first-order valence-electron chi connectivity index (χ1n) is 22.5. The molecule has 2 fully saturated rings. The number of carboxylic acid groups (broad SMARTS) is 2. The summed E-state index contributed by atoms with van der Waals surface area (Å²) in [5.41, 5.74) is 13.1. The summed E-state index contributed by atoms with van der Waals surface area (Å²) in [5, 5.41) is 48.1. The average molecular weight is 978 g/mol. The lowest BCUT2D eigenvalue weighted by molar-refractivity contribution is -0.140. The van der Waals surface area contributed by atoms with E-state index < -0.39 is 36.1 Å². The van der Waals surface area contributed by atoms with Gasteiger partial charge in [0, 0.05) is 71.7 Å². The maximum absolute atomic E-state index is 14.1. The van der Waals surface area contributed by atoms with E-state index in [2.05, 4.69) is 31.9 Å². The van der Waals surface area contributed by atoms with Gasteiger partial charge in [0.05, 0.1) is 69.8 Å². The van der Waals surface area contributed by atoms with Crippen LogP contribution in [0.5, 0.6) is 0 Å². The molecule has 376 valence electrons. The maximum atomic E-state index is 14.1. The van der Waals surface area contributed by atoms with Crippen molar-refractivity contribution in [3.05, 3.63) is 23.8 Å². The number of piperazine rings is 2. The molecular weight excluding hydrogens is 912 g/mol. The summed E-state index contributed by atoms with van der Waals surface area (Å²) in [5.74, 6) is 0.784. The Morgan fingerprint density at radius 2 is 1.22 bits per heavy atom. The van der Waals surface area contributed by atoms with Gasteiger partial charge in [-0.05, 0) is 18.8 Å². The Bertz CT molecular complexity index is 2090. The highest BCUT2D eigenvalue weighted by molar-refractivity contribution is 5.85. The smallest absolute Gasteiger partial charge is 0.303 e. The standard InChI is InChI=1S/C41H64N16O10.ClH/c1-4-19-65-21-23-67-24-22-66-20-10-44-39-45-40(54-15-11-52(12-16-54)37(63)32(6-8-34(59)60)56-25-30(48-50-56)29(42)27-58)47-41(46-39)55-17-13-53(14-18-55)38(64)33(7-9-35(61)62)57-26-31(49-51-57)36(43)28(3)5-2;/h1,25-26,28-29,32-33,36,58H,5-24,27,42-43H2,2-3H3,(H,59,60)(H,61,62)(H,44,45,46,47);1H/t28-,29?,32+,33+,36?;/m1./s1. The summed E-state index contributed by atoms with van der Waals surface area (Å²) in [6.45, 7) is 8.50. The van der Waals surface area contributed by atoms with Crippen LogP contribution >= 0.6 is 12.4 Å². The highest BCUT2D eigenvalue weighted by atomic mass is 35.5. The molecule has 0 bridgehead atoms. The molecule has 5 heterocycles. The summed E-state index contributed by atoms with van der Waals surface area (Å²) >= 11 is 0. The van der Waals surface area contributed by atoms with Gasteiger partial charge in [0.25, 0.3) is 0 Å². The van der Waals surface area contributed by atoms with Crippen molar-refractivity contribution in [2.24, 2.45) is 17.4 Å². The van der Waals surface area contributed by atoms with Crippen LogP contribution in [-0.2, 0) is 33.4 Å². The van der Waals surface area contributed by atoms with Gasteiger partial charge < -0.3 is 65.9 Å². The molecule has 2 aliphatic rings. The number of aliphatic carboxylic acids is 2. The quantitative estimate of drug-likeness (QED) is 0.0380. The largest absolute Gasteiger partial charge is 0.481 e. The second-order valence-corrected chi connectivity index (χ2v) is 16.1. The zero-order valence-electron chi connectivity index (χ0n) is 38.5. The molecule has 3 aromatic heterocycles. The van der Waals surface area contributed by atoms with E-state index in [-0.39, 0.29) is 107 Å². The molecule has 5 rings (SSSR count). The van der Waals surface area contributed by atoms with E-state index in [9.17, 15) is 34.5 Å². The van der Waals surface area contributed by atoms with E-state index in [1.54, 1.807) is 16.0 Å². The molecule has 8 N–H and O–H groups in total. The summed E-state index contributed by atoms with van der Waals surface area (Å²) in [7, 11) is 0. The summed E-state index contributed by atoms with van der Waals surface area (Å²) in [6.07, 6.45) is 8.54. The number of rotatable bonds is 28. The number of anilines is 3. The van der Waals surface area contributed by atoms with Gasteiger partial charge in [0.15, 0.2) is 0 Å². The number of halogens is 1. The highest BCUT2D eigenvalue weighted by Gasteiger charge is 2.34. The second-order valence-electron chi connectivity index (χ2n) is 16.1. The number of aliphatic hydroxyl groups is 1. The number of amides is 2. The first-order valence-corrected chi connectivity index (χ1v) is 22.5. The molecule has 27 heteroatoms. The lowest BCUT2D eigenvalue weighted by Crippen LogP contribution is -2.52. The molecule has 2 aliphatic heterocycles. The summed E-state index contributed by atoms with van der Waals surface area (Å²) < 4.78 is 19.1. The number of nitrogens with zero attached hydrogens (tertiary/aromatic N) is 13. The molecule has 68 heavy (non-hydrogen) atoms. The number of aliphatic hydroxyl groups excluding tert-OH is 1. The van der Waals surface area contributed by atoms with E-state index in [0.717, 1.165) is 6.42 Å². The van der Waals surface area contributed by atoms with Gasteiger partial charge in [-0.3, -0.25) is 19.2 Å². The average Bonchev–Trinajstić information content (AvgIpc) is 4.04. The SMILES string of the molecule is C#CCOCCOCCOCCNc1nc(N2CCN(C(=O)[C@H](CCC(=O)O)n3cc(C(N)CO)nn3)CC2)nc(N2CCN(C(=O)[C@H](CCC(=O)O)n3cc(C(N)[C@H](C)CC)nn3)CC2)n1.Cl. The Morgan fingerprint density at radius 3 is 1.69 bits per heavy atom. The number of carboxylic acids is 2. The Hall–Kier alpha value is -5.82. The number of nitrogens with two attached hydrogens (primary N) is 2. The summed E-state index contributed by atoms with van der Waals surface area (Å²) in [4.78, 5) is 72.6. The third kappa shape index (κ3) is 15.9. The van der Waals surface area contributed by atoms with E-state index in [4.69, 9.17) is 47.1 Å². The summed E-state index contributed by atoms with van der Waals surface area (Å²) in [6, 6.07) is -3.06. The molecule has 0 aliphatic carbocycles. The fraction of sp³-hybridized carbons (Fsp3) is 0.683. The predicted molar refractivity (Wildman–Crippen MR) is 247 cm³/mol. The Labute approximate surface area is 400 Å². The minimum Gasteiger partial charge on any atom is -0.481 e. The minimum atomic E-state index is -1.07. The first-order chi connectivity index (χ1) is 32.3. The van der Waals surface area contributed by atoms with Crippen LogP contribution in [-0.4, -0.2) is 199 Å². The topological polar surface area (TPSA) is 334 Å². The van der Waals surface area contributed by atoms with Crippen molar-refractivity contribution in [1.82, 2.24) is 54.7 Å². The molecule has 0 radical (unpaired) electrons. The minimum absolute atomic E-state index is 0. The van der Waals surface area contributed by atoms with E-state index in [1.807, 2.05) is 23.6 Å². The fourth-order valence-electron chi connectivity index (χ4n) is 7.30. The third-order valence-corrected chi connectivity index (χ3v) is 11.5. The molecule has 2 saturated heterocycles.